The molecule has 0 aliphatic heterocycles. The number of carbonyl (C=O) groups excluding carboxylic acids is 1. The number of tetrazole rings is 1. The van der Waals surface area contributed by atoms with Crippen LogP contribution in [0.25, 0.3) is 0 Å². The first-order valence-electron chi connectivity index (χ1n) is 5.73. The van der Waals surface area contributed by atoms with Crippen LogP contribution >= 0.6 is 0 Å². The second-order valence-corrected chi connectivity index (χ2v) is 4.44. The Morgan fingerprint density at radius 1 is 1.44 bits per heavy atom. The monoisotopic (exact) mass is 255 g/mol. The number of H-pyrrole nitrogens is 1. The summed E-state index contributed by atoms with van der Waals surface area (Å²) in [6, 6.07) is -1.01. The number of hydrogen-bond acceptors (Lipinski definition) is 5. The second-order valence-electron chi connectivity index (χ2n) is 4.44. The number of aromatic nitrogens is 4. The zero-order valence-electron chi connectivity index (χ0n) is 10.4. The summed E-state index contributed by atoms with van der Waals surface area (Å²) < 4.78 is 0. The first-order chi connectivity index (χ1) is 8.49. The van der Waals surface area contributed by atoms with E-state index in [2.05, 4.69) is 25.9 Å². The van der Waals surface area contributed by atoms with Gasteiger partial charge in [0.2, 0.25) is 5.91 Å². The highest BCUT2D eigenvalue weighted by Gasteiger charge is 2.21. The van der Waals surface area contributed by atoms with E-state index >= 15 is 0 Å². The van der Waals surface area contributed by atoms with Crippen LogP contribution in [0.5, 0.6) is 0 Å². The van der Waals surface area contributed by atoms with E-state index in [9.17, 15) is 9.59 Å². The largest absolute Gasteiger partial charge is 0.480 e. The molecule has 18 heavy (non-hydrogen) atoms. The summed E-state index contributed by atoms with van der Waals surface area (Å²) >= 11 is 0. The Labute approximate surface area is 104 Å². The van der Waals surface area contributed by atoms with E-state index in [1.165, 1.54) is 0 Å². The SMILES string of the molecule is CC(C)CCC(=O)NC(Cc1nnn[nH]1)C(=O)O. The molecule has 8 heteroatoms. The summed E-state index contributed by atoms with van der Waals surface area (Å²) in [5, 5.41) is 24.2. The fourth-order valence-electron chi connectivity index (χ4n) is 1.34. The molecule has 1 amide bonds. The summed E-state index contributed by atoms with van der Waals surface area (Å²) in [5.74, 6) is -0.656. The van der Waals surface area contributed by atoms with Gasteiger partial charge in [0.1, 0.15) is 6.04 Å². The number of carbonyl (C=O) groups is 2. The standard InChI is InChI=1S/C10H17N5O3/c1-6(2)3-4-9(16)11-7(10(17)18)5-8-12-14-15-13-8/h6-7H,3-5H2,1-2H3,(H,11,16)(H,17,18)(H,12,13,14,15). The van der Waals surface area contributed by atoms with Crippen molar-refractivity contribution in [1.82, 2.24) is 25.9 Å². The molecule has 1 unspecified atom stereocenters. The molecule has 1 heterocycles. The molecule has 0 fully saturated rings. The van der Waals surface area contributed by atoms with E-state index in [4.69, 9.17) is 5.11 Å². The fourth-order valence-corrected chi connectivity index (χ4v) is 1.34. The second kappa shape index (κ2) is 6.67. The number of amides is 1. The third kappa shape index (κ3) is 4.89. The Morgan fingerprint density at radius 2 is 2.17 bits per heavy atom. The van der Waals surface area contributed by atoms with Gasteiger partial charge in [-0.15, -0.1) is 5.10 Å². The predicted molar refractivity (Wildman–Crippen MR) is 61.5 cm³/mol. The van der Waals surface area contributed by atoms with Crippen molar-refractivity contribution in [3.05, 3.63) is 5.82 Å². The average molecular weight is 255 g/mol. The molecule has 3 N–H and O–H groups in total. The number of carboxylic acid groups (broad SMARTS) is 1. The van der Waals surface area contributed by atoms with Crippen molar-refractivity contribution in [2.75, 3.05) is 0 Å². The summed E-state index contributed by atoms with van der Waals surface area (Å²) in [5.41, 5.74) is 0. The van der Waals surface area contributed by atoms with Crippen LogP contribution in [0.2, 0.25) is 0 Å². The summed E-state index contributed by atoms with van der Waals surface area (Å²) in [6.07, 6.45) is 1.08. The van der Waals surface area contributed by atoms with Gasteiger partial charge in [-0.05, 0) is 22.8 Å². The van der Waals surface area contributed by atoms with E-state index in [1.54, 1.807) is 0 Å². The maximum Gasteiger partial charge on any atom is 0.326 e. The Kier molecular flexibility index (Phi) is 5.22. The quantitative estimate of drug-likeness (QED) is 0.617. The van der Waals surface area contributed by atoms with Gasteiger partial charge < -0.3 is 10.4 Å². The van der Waals surface area contributed by atoms with Crippen LogP contribution in [-0.2, 0) is 16.0 Å². The van der Waals surface area contributed by atoms with Gasteiger partial charge in [-0.1, -0.05) is 13.8 Å². The van der Waals surface area contributed by atoms with Crippen molar-refractivity contribution in [3.8, 4) is 0 Å². The lowest BCUT2D eigenvalue weighted by atomic mass is 10.1. The molecular weight excluding hydrogens is 238 g/mol. The normalized spacial score (nSPS) is 12.4. The molecule has 0 spiro atoms. The molecule has 1 aromatic heterocycles. The molecule has 1 atom stereocenters. The van der Waals surface area contributed by atoms with Crippen molar-refractivity contribution in [1.29, 1.82) is 0 Å². The predicted octanol–water partition coefficient (Wildman–Crippen LogP) is -0.252. The Morgan fingerprint density at radius 3 is 2.67 bits per heavy atom. The van der Waals surface area contributed by atoms with Crippen molar-refractivity contribution in [2.45, 2.75) is 39.2 Å². The lowest BCUT2D eigenvalue weighted by Crippen LogP contribution is -2.42. The van der Waals surface area contributed by atoms with Crippen LogP contribution in [0.4, 0.5) is 0 Å². The molecule has 0 aromatic carbocycles. The van der Waals surface area contributed by atoms with Crippen LogP contribution in [0.15, 0.2) is 0 Å². The van der Waals surface area contributed by atoms with Crippen LogP contribution in [0.1, 0.15) is 32.5 Å². The molecule has 0 saturated heterocycles. The minimum atomic E-state index is -1.11. The molecule has 0 saturated carbocycles. The number of aliphatic carboxylic acids is 1. The number of hydrogen-bond donors (Lipinski definition) is 3. The van der Waals surface area contributed by atoms with Gasteiger partial charge in [0.25, 0.3) is 0 Å². The van der Waals surface area contributed by atoms with Gasteiger partial charge in [-0.25, -0.2) is 9.89 Å². The molecule has 8 nitrogen and oxygen atoms in total. The summed E-state index contributed by atoms with van der Waals surface area (Å²) in [6.45, 7) is 4.00. The fraction of sp³-hybridized carbons (Fsp3) is 0.700. The van der Waals surface area contributed by atoms with Gasteiger partial charge in [-0.2, -0.15) is 0 Å². The van der Waals surface area contributed by atoms with Gasteiger partial charge in [-0.3, -0.25) is 4.79 Å². The average Bonchev–Trinajstić information content (AvgIpc) is 2.78. The Hall–Kier alpha value is -1.99. The Bertz CT molecular complexity index is 390. The first kappa shape index (κ1) is 14.1. The lowest BCUT2D eigenvalue weighted by Gasteiger charge is -2.13. The van der Waals surface area contributed by atoms with Crippen molar-refractivity contribution in [2.24, 2.45) is 5.92 Å². The molecule has 100 valence electrons. The number of carboxylic acids is 1. The van der Waals surface area contributed by atoms with Crippen molar-refractivity contribution < 1.29 is 14.7 Å². The highest BCUT2D eigenvalue weighted by atomic mass is 16.4. The van der Waals surface area contributed by atoms with Crippen molar-refractivity contribution >= 4 is 11.9 Å². The number of nitrogens with one attached hydrogen (secondary N) is 2. The van der Waals surface area contributed by atoms with E-state index < -0.39 is 12.0 Å². The minimum absolute atomic E-state index is 0.0375. The number of nitrogens with zero attached hydrogens (tertiary/aromatic N) is 3. The van der Waals surface area contributed by atoms with Crippen LogP contribution < -0.4 is 5.32 Å². The highest BCUT2D eigenvalue weighted by molar-refractivity contribution is 5.83. The Balaban J connectivity index is 2.48. The third-order valence-electron chi connectivity index (χ3n) is 2.37. The lowest BCUT2D eigenvalue weighted by molar-refractivity contribution is -0.141. The zero-order valence-corrected chi connectivity index (χ0v) is 10.4. The van der Waals surface area contributed by atoms with E-state index in [0.29, 0.717) is 18.2 Å². The molecule has 1 rings (SSSR count). The van der Waals surface area contributed by atoms with Crippen LogP contribution in [0.3, 0.4) is 0 Å². The van der Waals surface area contributed by atoms with Crippen LogP contribution in [-0.4, -0.2) is 43.6 Å². The topological polar surface area (TPSA) is 121 Å². The molecule has 0 radical (unpaired) electrons. The summed E-state index contributed by atoms with van der Waals surface area (Å²) in [7, 11) is 0. The molecule has 0 bridgehead atoms. The number of rotatable bonds is 7. The van der Waals surface area contributed by atoms with Gasteiger partial charge in [0.05, 0.1) is 0 Å². The molecular formula is C10H17N5O3. The highest BCUT2D eigenvalue weighted by Crippen LogP contribution is 2.04. The van der Waals surface area contributed by atoms with Gasteiger partial charge >= 0.3 is 5.97 Å². The maximum absolute atomic E-state index is 11.6. The number of aromatic amines is 1. The first-order valence-corrected chi connectivity index (χ1v) is 5.73. The van der Waals surface area contributed by atoms with Crippen molar-refractivity contribution in [3.63, 3.8) is 0 Å². The van der Waals surface area contributed by atoms with E-state index in [1.807, 2.05) is 13.8 Å². The minimum Gasteiger partial charge on any atom is -0.480 e. The maximum atomic E-state index is 11.6. The van der Waals surface area contributed by atoms with Crippen LogP contribution in [0, 0.1) is 5.92 Å². The zero-order chi connectivity index (χ0) is 13.5. The molecule has 0 aliphatic rings. The summed E-state index contributed by atoms with van der Waals surface area (Å²) in [4.78, 5) is 22.6. The van der Waals surface area contributed by atoms with Gasteiger partial charge in [0.15, 0.2) is 5.82 Å². The third-order valence-corrected chi connectivity index (χ3v) is 2.37. The molecule has 1 aromatic rings. The van der Waals surface area contributed by atoms with E-state index in [0.717, 1.165) is 6.42 Å². The van der Waals surface area contributed by atoms with E-state index in [-0.39, 0.29) is 12.3 Å². The van der Waals surface area contributed by atoms with Gasteiger partial charge in [0, 0.05) is 12.8 Å². The molecule has 0 aliphatic carbocycles. The smallest absolute Gasteiger partial charge is 0.326 e.